The first-order valence-corrected chi connectivity index (χ1v) is 11.4. The highest BCUT2D eigenvalue weighted by atomic mass is 32.2. The van der Waals surface area contributed by atoms with E-state index in [2.05, 4.69) is 14.9 Å². The van der Waals surface area contributed by atoms with Gasteiger partial charge in [-0.1, -0.05) is 12.1 Å². The number of para-hydroxylation sites is 2. The highest BCUT2D eigenvalue weighted by Crippen LogP contribution is 2.32. The summed E-state index contributed by atoms with van der Waals surface area (Å²) in [7, 11) is -1.89. The molecule has 2 heterocycles. The largest absolute Gasteiger partial charge is 0.495 e. The van der Waals surface area contributed by atoms with Crippen LogP contribution in [0, 0.1) is 5.92 Å². The maximum absolute atomic E-state index is 12.6. The van der Waals surface area contributed by atoms with Crippen molar-refractivity contribution in [1.82, 2.24) is 10.0 Å². The molecule has 1 saturated heterocycles. The second-order valence-corrected chi connectivity index (χ2v) is 9.92. The minimum atomic E-state index is -3.55. The Morgan fingerprint density at radius 2 is 2.07 bits per heavy atom. The number of rotatable bonds is 8. The van der Waals surface area contributed by atoms with Crippen molar-refractivity contribution >= 4 is 33.0 Å². The fraction of sp³-hybridized carbons (Fsp3) is 0.421. The van der Waals surface area contributed by atoms with Crippen LogP contribution in [-0.4, -0.2) is 41.1 Å². The van der Waals surface area contributed by atoms with Gasteiger partial charge >= 0.3 is 0 Å². The fourth-order valence-corrected chi connectivity index (χ4v) is 5.67. The molecule has 1 aliphatic rings. The zero-order valence-electron chi connectivity index (χ0n) is 16.0. The van der Waals surface area contributed by atoms with Crippen LogP contribution in [0.1, 0.15) is 18.2 Å². The third-order valence-corrected chi connectivity index (χ3v) is 7.69. The third-order valence-electron chi connectivity index (χ3n) is 4.69. The van der Waals surface area contributed by atoms with Crippen molar-refractivity contribution in [3.8, 4) is 5.75 Å². The fourth-order valence-electron chi connectivity index (χ4n) is 3.22. The molecule has 1 aromatic carbocycles. The Labute approximate surface area is 169 Å². The first-order chi connectivity index (χ1) is 13.4. The molecule has 1 aromatic heterocycles. The molecular formula is C19H25N3O4S2. The van der Waals surface area contributed by atoms with Gasteiger partial charge in [-0.3, -0.25) is 4.79 Å². The molecule has 7 nitrogen and oxygen atoms in total. The zero-order chi connectivity index (χ0) is 20.1. The summed E-state index contributed by atoms with van der Waals surface area (Å²) >= 11 is 1.17. The summed E-state index contributed by atoms with van der Waals surface area (Å²) in [6.07, 6.45) is 0.915. The number of ether oxygens (including phenoxy) is 1. The number of hydrogen-bond donors (Lipinski definition) is 2. The van der Waals surface area contributed by atoms with E-state index in [1.165, 1.54) is 18.3 Å². The minimum Gasteiger partial charge on any atom is -0.495 e. The van der Waals surface area contributed by atoms with Crippen LogP contribution in [0.15, 0.2) is 40.6 Å². The van der Waals surface area contributed by atoms with E-state index in [0.29, 0.717) is 13.1 Å². The topological polar surface area (TPSA) is 87.7 Å². The number of benzene rings is 1. The van der Waals surface area contributed by atoms with Crippen molar-refractivity contribution in [2.45, 2.75) is 24.1 Å². The van der Waals surface area contributed by atoms with Crippen molar-refractivity contribution in [1.29, 1.82) is 0 Å². The highest BCUT2D eigenvalue weighted by Gasteiger charge is 2.26. The van der Waals surface area contributed by atoms with Gasteiger partial charge in [-0.2, -0.15) is 0 Å². The van der Waals surface area contributed by atoms with Crippen LogP contribution in [-0.2, 0) is 21.4 Å². The Balaban J connectivity index is 1.56. The molecule has 0 radical (unpaired) electrons. The lowest BCUT2D eigenvalue weighted by Gasteiger charge is -2.21. The average Bonchev–Trinajstić information content (AvgIpc) is 3.35. The van der Waals surface area contributed by atoms with Crippen LogP contribution in [0.3, 0.4) is 0 Å². The number of amides is 1. The molecule has 0 aliphatic carbocycles. The molecule has 2 aromatic rings. The van der Waals surface area contributed by atoms with Crippen molar-refractivity contribution in [3.05, 3.63) is 41.3 Å². The summed E-state index contributed by atoms with van der Waals surface area (Å²) in [6.45, 7) is 3.81. The van der Waals surface area contributed by atoms with E-state index in [1.807, 2.05) is 24.3 Å². The van der Waals surface area contributed by atoms with Gasteiger partial charge in [0.1, 0.15) is 9.96 Å². The van der Waals surface area contributed by atoms with Crippen LogP contribution < -0.4 is 19.7 Å². The second-order valence-electron chi connectivity index (χ2n) is 6.75. The van der Waals surface area contributed by atoms with Crippen molar-refractivity contribution in [2.24, 2.45) is 5.92 Å². The lowest BCUT2D eigenvalue weighted by atomic mass is 10.1. The first kappa shape index (κ1) is 20.6. The number of thiophene rings is 1. The average molecular weight is 424 g/mol. The van der Waals surface area contributed by atoms with E-state index in [1.54, 1.807) is 19.2 Å². The number of nitrogens with zero attached hydrogens (tertiary/aromatic N) is 1. The van der Waals surface area contributed by atoms with Crippen molar-refractivity contribution in [3.63, 3.8) is 0 Å². The first-order valence-electron chi connectivity index (χ1n) is 9.10. The number of sulfonamides is 1. The Bertz CT molecular complexity index is 927. The van der Waals surface area contributed by atoms with E-state index in [9.17, 15) is 13.2 Å². The van der Waals surface area contributed by atoms with Gasteiger partial charge in [0.15, 0.2) is 0 Å². The summed E-state index contributed by atoms with van der Waals surface area (Å²) in [6, 6.07) is 11.2. The Morgan fingerprint density at radius 3 is 2.82 bits per heavy atom. The quantitative estimate of drug-likeness (QED) is 0.680. The van der Waals surface area contributed by atoms with E-state index in [4.69, 9.17) is 4.74 Å². The molecule has 1 unspecified atom stereocenters. The predicted octanol–water partition coefficient (Wildman–Crippen LogP) is 2.20. The molecule has 152 valence electrons. The zero-order valence-corrected chi connectivity index (χ0v) is 17.6. The van der Waals surface area contributed by atoms with E-state index < -0.39 is 10.0 Å². The van der Waals surface area contributed by atoms with E-state index in [-0.39, 0.29) is 16.0 Å². The summed E-state index contributed by atoms with van der Waals surface area (Å²) in [5.41, 5.74) is 1.04. The van der Waals surface area contributed by atoms with Crippen LogP contribution >= 0.6 is 11.3 Å². The molecular weight excluding hydrogens is 398 g/mol. The maximum Gasteiger partial charge on any atom is 0.250 e. The SMILES string of the molecule is COc1ccccc1N1CCC(CNS(=O)(=O)c2ccc(CNC(C)=O)s2)C1. The number of methoxy groups -OCH3 is 1. The van der Waals surface area contributed by atoms with Gasteiger partial charge < -0.3 is 15.0 Å². The van der Waals surface area contributed by atoms with E-state index in [0.717, 1.165) is 35.8 Å². The Morgan fingerprint density at radius 1 is 1.29 bits per heavy atom. The Hall–Kier alpha value is -2.10. The van der Waals surface area contributed by atoms with Crippen LogP contribution in [0.5, 0.6) is 5.75 Å². The number of nitrogens with one attached hydrogen (secondary N) is 2. The molecule has 1 atom stereocenters. The lowest BCUT2D eigenvalue weighted by Crippen LogP contribution is -2.30. The van der Waals surface area contributed by atoms with Gasteiger partial charge in [0.2, 0.25) is 15.9 Å². The van der Waals surface area contributed by atoms with Gasteiger partial charge in [0, 0.05) is 31.4 Å². The molecule has 1 aliphatic heterocycles. The normalized spacial score (nSPS) is 16.9. The van der Waals surface area contributed by atoms with Gasteiger partial charge in [0.25, 0.3) is 0 Å². The maximum atomic E-state index is 12.6. The van der Waals surface area contributed by atoms with Gasteiger partial charge in [-0.05, 0) is 36.6 Å². The summed E-state index contributed by atoms with van der Waals surface area (Å²) < 4.78 is 33.6. The molecule has 0 bridgehead atoms. The van der Waals surface area contributed by atoms with E-state index >= 15 is 0 Å². The van der Waals surface area contributed by atoms with Crippen molar-refractivity contribution in [2.75, 3.05) is 31.6 Å². The Kier molecular flexibility index (Phi) is 6.58. The molecule has 28 heavy (non-hydrogen) atoms. The minimum absolute atomic E-state index is 0.142. The molecule has 0 spiro atoms. The molecule has 0 saturated carbocycles. The summed E-state index contributed by atoms with van der Waals surface area (Å²) in [4.78, 5) is 14.0. The van der Waals surface area contributed by atoms with Crippen LogP contribution in [0.4, 0.5) is 5.69 Å². The van der Waals surface area contributed by atoms with Crippen molar-refractivity contribution < 1.29 is 17.9 Å². The smallest absolute Gasteiger partial charge is 0.250 e. The monoisotopic (exact) mass is 423 g/mol. The van der Waals surface area contributed by atoms with Gasteiger partial charge in [0.05, 0.1) is 19.3 Å². The molecule has 9 heteroatoms. The second kappa shape index (κ2) is 8.93. The predicted molar refractivity (Wildman–Crippen MR) is 110 cm³/mol. The molecule has 2 N–H and O–H groups in total. The van der Waals surface area contributed by atoms with Gasteiger partial charge in [-0.15, -0.1) is 11.3 Å². The number of carbonyl (C=O) groups excluding carboxylic acids is 1. The van der Waals surface area contributed by atoms with Gasteiger partial charge in [-0.25, -0.2) is 13.1 Å². The van der Waals surface area contributed by atoms with Crippen LogP contribution in [0.25, 0.3) is 0 Å². The van der Waals surface area contributed by atoms with Crippen LogP contribution in [0.2, 0.25) is 0 Å². The molecule has 1 fully saturated rings. The number of carbonyl (C=O) groups is 1. The standard InChI is InChI=1S/C19H25N3O4S2/c1-14(23)20-12-16-7-8-19(27-16)28(24,25)21-11-15-9-10-22(13-15)17-5-3-4-6-18(17)26-2/h3-8,15,21H,9-13H2,1-2H3,(H,20,23). The number of anilines is 1. The molecule has 1 amide bonds. The third kappa shape index (κ3) is 5.03. The lowest BCUT2D eigenvalue weighted by molar-refractivity contribution is -0.119. The molecule has 3 rings (SSSR count). The summed E-state index contributed by atoms with van der Waals surface area (Å²) in [5.74, 6) is 0.921. The summed E-state index contributed by atoms with van der Waals surface area (Å²) in [5, 5.41) is 2.67. The highest BCUT2D eigenvalue weighted by molar-refractivity contribution is 7.91. The number of hydrogen-bond acceptors (Lipinski definition) is 6.